The summed E-state index contributed by atoms with van der Waals surface area (Å²) >= 11 is 4.88. The van der Waals surface area contributed by atoms with E-state index in [1.807, 2.05) is 11.4 Å². The minimum Gasteiger partial charge on any atom is -0.271 e. The Morgan fingerprint density at radius 2 is 2.05 bits per heavy atom. The lowest BCUT2D eigenvalue weighted by molar-refractivity contribution is -0.137. The minimum atomic E-state index is -4.35. The smallest absolute Gasteiger partial charge is 0.271 e. The molecule has 108 valence electrons. The van der Waals surface area contributed by atoms with E-state index >= 15 is 0 Å². The summed E-state index contributed by atoms with van der Waals surface area (Å²) in [4.78, 5) is 1.04. The minimum absolute atomic E-state index is 0.358. The molecule has 2 nitrogen and oxygen atoms in total. The van der Waals surface area contributed by atoms with Gasteiger partial charge in [0.25, 0.3) is 0 Å². The Morgan fingerprint density at radius 1 is 1.30 bits per heavy atom. The maximum Gasteiger partial charge on any atom is 0.416 e. The van der Waals surface area contributed by atoms with E-state index in [0.717, 1.165) is 21.5 Å². The molecule has 1 atom stereocenters. The first-order valence-electron chi connectivity index (χ1n) is 5.76. The fourth-order valence-electron chi connectivity index (χ4n) is 1.87. The molecule has 1 heterocycles. The highest BCUT2D eigenvalue weighted by Crippen LogP contribution is 2.32. The van der Waals surface area contributed by atoms with Crippen LogP contribution in [0.3, 0.4) is 0 Å². The van der Waals surface area contributed by atoms with E-state index in [-0.39, 0.29) is 6.04 Å². The summed E-state index contributed by atoms with van der Waals surface area (Å²) in [6.45, 7) is 0. The number of nitrogens with two attached hydrogens (primary N) is 1. The molecule has 0 aliphatic carbocycles. The van der Waals surface area contributed by atoms with E-state index in [4.69, 9.17) is 5.84 Å². The highest BCUT2D eigenvalue weighted by Gasteiger charge is 2.30. The second kappa shape index (κ2) is 6.26. The van der Waals surface area contributed by atoms with Crippen molar-refractivity contribution >= 4 is 27.3 Å². The number of benzene rings is 1. The molecule has 1 unspecified atom stereocenters. The van der Waals surface area contributed by atoms with Crippen LogP contribution in [0, 0.1) is 0 Å². The Balaban J connectivity index is 2.23. The largest absolute Gasteiger partial charge is 0.416 e. The zero-order valence-electron chi connectivity index (χ0n) is 10.2. The van der Waals surface area contributed by atoms with E-state index in [0.29, 0.717) is 12.0 Å². The van der Waals surface area contributed by atoms with E-state index in [9.17, 15) is 13.2 Å². The van der Waals surface area contributed by atoms with Gasteiger partial charge in [0.05, 0.1) is 11.6 Å². The molecule has 0 bridgehead atoms. The van der Waals surface area contributed by atoms with Gasteiger partial charge in [0.2, 0.25) is 0 Å². The second-order valence-electron chi connectivity index (χ2n) is 4.28. The number of alkyl halides is 3. The second-order valence-corrected chi connectivity index (χ2v) is 6.19. The van der Waals surface area contributed by atoms with E-state index < -0.39 is 11.7 Å². The van der Waals surface area contributed by atoms with E-state index in [1.165, 1.54) is 17.4 Å². The van der Waals surface area contributed by atoms with Crippen molar-refractivity contribution in [2.24, 2.45) is 5.84 Å². The zero-order valence-corrected chi connectivity index (χ0v) is 12.6. The lowest BCUT2D eigenvalue weighted by atomic mass is 10.0. The van der Waals surface area contributed by atoms with Gasteiger partial charge in [-0.25, -0.2) is 0 Å². The SMILES string of the molecule is NNC(Cc1cc(Br)cs1)c1cccc(C(F)(F)F)c1. The Morgan fingerprint density at radius 3 is 2.60 bits per heavy atom. The lowest BCUT2D eigenvalue weighted by Crippen LogP contribution is -2.29. The Kier molecular flexibility index (Phi) is 4.85. The zero-order chi connectivity index (χ0) is 14.8. The van der Waals surface area contributed by atoms with Crippen molar-refractivity contribution in [3.05, 3.63) is 56.2 Å². The van der Waals surface area contributed by atoms with Crippen LogP contribution in [-0.4, -0.2) is 0 Å². The van der Waals surface area contributed by atoms with Crippen molar-refractivity contribution in [3.8, 4) is 0 Å². The highest BCUT2D eigenvalue weighted by atomic mass is 79.9. The molecule has 0 aliphatic rings. The average Bonchev–Trinajstić information content (AvgIpc) is 2.81. The van der Waals surface area contributed by atoms with Gasteiger partial charge in [-0.15, -0.1) is 11.3 Å². The summed E-state index contributed by atoms with van der Waals surface area (Å²) < 4.78 is 39.1. The van der Waals surface area contributed by atoms with Gasteiger partial charge >= 0.3 is 6.18 Å². The predicted molar refractivity (Wildman–Crippen MR) is 77.2 cm³/mol. The Labute approximate surface area is 126 Å². The first-order valence-corrected chi connectivity index (χ1v) is 7.43. The van der Waals surface area contributed by atoms with Crippen LogP contribution in [0.1, 0.15) is 22.0 Å². The topological polar surface area (TPSA) is 38.0 Å². The number of rotatable bonds is 4. The normalized spacial score (nSPS) is 13.4. The molecular formula is C13H12BrF3N2S. The van der Waals surface area contributed by atoms with Gasteiger partial charge in [0, 0.05) is 21.2 Å². The average molecular weight is 365 g/mol. The molecule has 7 heteroatoms. The molecule has 2 aromatic rings. The maximum atomic E-state index is 12.7. The van der Waals surface area contributed by atoms with Crippen LogP contribution in [0.15, 0.2) is 40.2 Å². The summed E-state index contributed by atoms with van der Waals surface area (Å²) in [5, 5.41) is 1.93. The van der Waals surface area contributed by atoms with Crippen molar-refractivity contribution in [1.29, 1.82) is 0 Å². The third-order valence-corrected chi connectivity index (χ3v) is 4.56. The molecule has 0 aliphatic heterocycles. The molecule has 0 fully saturated rings. The van der Waals surface area contributed by atoms with Crippen molar-refractivity contribution in [1.82, 2.24) is 5.43 Å². The third-order valence-electron chi connectivity index (χ3n) is 2.84. The highest BCUT2D eigenvalue weighted by molar-refractivity contribution is 9.10. The molecule has 0 spiro atoms. The quantitative estimate of drug-likeness (QED) is 0.627. The third kappa shape index (κ3) is 3.82. The van der Waals surface area contributed by atoms with Crippen molar-refractivity contribution in [2.75, 3.05) is 0 Å². The van der Waals surface area contributed by atoms with Crippen molar-refractivity contribution < 1.29 is 13.2 Å². The van der Waals surface area contributed by atoms with Crippen molar-refractivity contribution in [3.63, 3.8) is 0 Å². The fourth-order valence-corrected chi connectivity index (χ4v) is 3.36. The lowest BCUT2D eigenvalue weighted by Gasteiger charge is -2.17. The molecule has 0 radical (unpaired) electrons. The van der Waals surface area contributed by atoms with Gasteiger partial charge < -0.3 is 0 Å². The Bertz CT molecular complexity index is 583. The molecule has 20 heavy (non-hydrogen) atoms. The van der Waals surface area contributed by atoms with E-state index in [2.05, 4.69) is 21.4 Å². The Hall–Kier alpha value is -0.890. The monoisotopic (exact) mass is 364 g/mol. The number of halogens is 4. The predicted octanol–water partition coefficient (Wildman–Crippen LogP) is 4.28. The molecular weight excluding hydrogens is 353 g/mol. The first-order chi connectivity index (χ1) is 9.40. The van der Waals surface area contributed by atoms with Crippen LogP contribution in [0.5, 0.6) is 0 Å². The van der Waals surface area contributed by atoms with Crippen molar-refractivity contribution in [2.45, 2.75) is 18.6 Å². The molecule has 0 saturated heterocycles. The number of hydrazine groups is 1. The summed E-state index contributed by atoms with van der Waals surface area (Å²) in [5.41, 5.74) is 2.43. The van der Waals surface area contributed by atoms with Gasteiger partial charge in [-0.05, 0) is 39.7 Å². The summed E-state index contributed by atoms with van der Waals surface area (Å²) in [7, 11) is 0. The van der Waals surface area contributed by atoms with Gasteiger partial charge in [-0.1, -0.05) is 12.1 Å². The fraction of sp³-hybridized carbons (Fsp3) is 0.231. The first kappa shape index (κ1) is 15.5. The van der Waals surface area contributed by atoms with E-state index in [1.54, 1.807) is 6.07 Å². The molecule has 2 rings (SSSR count). The molecule has 0 saturated carbocycles. The number of hydrogen-bond acceptors (Lipinski definition) is 3. The molecule has 1 aromatic heterocycles. The number of hydrogen-bond donors (Lipinski definition) is 2. The van der Waals surface area contributed by atoms with Crippen LogP contribution in [0.25, 0.3) is 0 Å². The maximum absolute atomic E-state index is 12.7. The van der Waals surface area contributed by atoms with Gasteiger partial charge in [0.1, 0.15) is 0 Å². The summed E-state index contributed by atoms with van der Waals surface area (Å²) in [6, 6.07) is 6.80. The molecule has 1 aromatic carbocycles. The van der Waals surface area contributed by atoms with Crippen LogP contribution >= 0.6 is 27.3 Å². The van der Waals surface area contributed by atoms with Crippen LogP contribution < -0.4 is 11.3 Å². The van der Waals surface area contributed by atoms with Crippen LogP contribution in [-0.2, 0) is 12.6 Å². The van der Waals surface area contributed by atoms with Gasteiger partial charge in [-0.3, -0.25) is 11.3 Å². The molecule has 3 N–H and O–H groups in total. The van der Waals surface area contributed by atoms with Crippen LogP contribution in [0.4, 0.5) is 13.2 Å². The van der Waals surface area contributed by atoms with Gasteiger partial charge in [0.15, 0.2) is 0 Å². The number of thiophene rings is 1. The summed E-state index contributed by atoms with van der Waals surface area (Å²) in [6.07, 6.45) is -3.81. The van der Waals surface area contributed by atoms with Gasteiger partial charge in [-0.2, -0.15) is 13.2 Å². The summed E-state index contributed by atoms with van der Waals surface area (Å²) in [5.74, 6) is 5.48. The van der Waals surface area contributed by atoms with Crippen LogP contribution in [0.2, 0.25) is 0 Å². The standard InChI is InChI=1S/C13H12BrF3N2S/c14-10-5-11(20-7-10)6-12(19-18)8-2-1-3-9(4-8)13(15,16)17/h1-5,7,12,19H,6,18H2. The number of nitrogens with one attached hydrogen (secondary N) is 1. The molecule has 0 amide bonds.